The van der Waals surface area contributed by atoms with Crippen molar-refractivity contribution in [3.05, 3.63) is 23.5 Å². The highest BCUT2D eigenvalue weighted by molar-refractivity contribution is 6.29. The summed E-state index contributed by atoms with van der Waals surface area (Å²) in [5.74, 6) is 1.77. The summed E-state index contributed by atoms with van der Waals surface area (Å²) in [6, 6.07) is 4.57. The molecule has 92 valence electrons. The largest absolute Gasteiger partial charge is 0.381 e. The van der Waals surface area contributed by atoms with Crippen LogP contribution >= 0.6 is 11.6 Å². The van der Waals surface area contributed by atoms with Crippen molar-refractivity contribution in [2.45, 2.75) is 44.6 Å². The Balaban J connectivity index is 1.68. The SMILES string of the molecule is Clc1ccc(NC(C2CCC2)C2CCC2)cn1. The van der Waals surface area contributed by atoms with E-state index >= 15 is 0 Å². The van der Waals surface area contributed by atoms with Crippen LogP contribution in [0.3, 0.4) is 0 Å². The predicted molar refractivity (Wildman–Crippen MR) is 71.3 cm³/mol. The van der Waals surface area contributed by atoms with Crippen molar-refractivity contribution in [1.29, 1.82) is 0 Å². The molecule has 0 aromatic carbocycles. The molecular formula is C14H19ClN2. The quantitative estimate of drug-likeness (QED) is 0.814. The molecule has 0 aliphatic heterocycles. The Morgan fingerprint density at radius 2 is 1.76 bits per heavy atom. The van der Waals surface area contributed by atoms with E-state index in [2.05, 4.69) is 10.3 Å². The second-order valence-corrected chi connectivity index (χ2v) is 5.81. The summed E-state index contributed by atoms with van der Waals surface area (Å²) in [6.45, 7) is 0. The summed E-state index contributed by atoms with van der Waals surface area (Å²) in [6.07, 6.45) is 10.3. The van der Waals surface area contributed by atoms with Crippen molar-refractivity contribution in [2.24, 2.45) is 11.8 Å². The van der Waals surface area contributed by atoms with Gasteiger partial charge in [0.15, 0.2) is 0 Å². The van der Waals surface area contributed by atoms with Crippen LogP contribution in [0.1, 0.15) is 38.5 Å². The van der Waals surface area contributed by atoms with Gasteiger partial charge in [-0.2, -0.15) is 0 Å². The molecule has 2 aliphatic carbocycles. The summed E-state index contributed by atoms with van der Waals surface area (Å²) >= 11 is 5.81. The number of nitrogens with zero attached hydrogens (tertiary/aromatic N) is 1. The van der Waals surface area contributed by atoms with Crippen molar-refractivity contribution >= 4 is 17.3 Å². The number of halogens is 1. The van der Waals surface area contributed by atoms with E-state index in [4.69, 9.17) is 11.6 Å². The lowest BCUT2D eigenvalue weighted by Gasteiger charge is -2.43. The Kier molecular flexibility index (Phi) is 3.24. The van der Waals surface area contributed by atoms with Gasteiger partial charge in [0.2, 0.25) is 0 Å². The maximum Gasteiger partial charge on any atom is 0.129 e. The number of rotatable bonds is 4. The average molecular weight is 251 g/mol. The molecule has 2 aliphatic rings. The minimum Gasteiger partial charge on any atom is -0.381 e. The first-order valence-electron chi connectivity index (χ1n) is 6.71. The van der Waals surface area contributed by atoms with Gasteiger partial charge in [0.1, 0.15) is 5.15 Å². The fourth-order valence-corrected chi connectivity index (χ4v) is 2.98. The molecule has 17 heavy (non-hydrogen) atoms. The van der Waals surface area contributed by atoms with E-state index in [1.807, 2.05) is 18.3 Å². The average Bonchev–Trinajstić information content (AvgIpc) is 2.16. The highest BCUT2D eigenvalue weighted by Gasteiger charge is 2.35. The van der Waals surface area contributed by atoms with Crippen molar-refractivity contribution in [3.63, 3.8) is 0 Å². The van der Waals surface area contributed by atoms with E-state index in [-0.39, 0.29) is 0 Å². The van der Waals surface area contributed by atoms with E-state index in [1.165, 1.54) is 38.5 Å². The van der Waals surface area contributed by atoms with E-state index in [1.54, 1.807) is 0 Å². The molecule has 0 amide bonds. The number of hydrogen-bond donors (Lipinski definition) is 1. The van der Waals surface area contributed by atoms with Crippen molar-refractivity contribution in [1.82, 2.24) is 4.98 Å². The maximum atomic E-state index is 5.81. The molecule has 0 unspecified atom stereocenters. The number of nitrogens with one attached hydrogen (secondary N) is 1. The van der Waals surface area contributed by atoms with E-state index in [0.29, 0.717) is 11.2 Å². The van der Waals surface area contributed by atoms with Gasteiger partial charge in [0, 0.05) is 6.04 Å². The number of anilines is 1. The minimum atomic E-state index is 0.569. The van der Waals surface area contributed by atoms with Gasteiger partial charge in [-0.1, -0.05) is 24.4 Å². The molecule has 1 N–H and O–H groups in total. The fraction of sp³-hybridized carbons (Fsp3) is 0.643. The molecule has 3 heteroatoms. The zero-order chi connectivity index (χ0) is 11.7. The summed E-state index contributed by atoms with van der Waals surface area (Å²) in [7, 11) is 0. The standard InChI is InChI=1S/C14H19ClN2/c15-13-8-7-12(9-16-13)17-14(10-3-1-4-10)11-5-2-6-11/h7-11,14,17H,1-6H2. The van der Waals surface area contributed by atoms with Gasteiger partial charge in [0.25, 0.3) is 0 Å². The van der Waals surface area contributed by atoms with Crippen LogP contribution < -0.4 is 5.32 Å². The summed E-state index contributed by atoms with van der Waals surface area (Å²) in [5.41, 5.74) is 1.12. The molecule has 1 aromatic rings. The van der Waals surface area contributed by atoms with Crippen molar-refractivity contribution in [3.8, 4) is 0 Å². The first kappa shape index (κ1) is 11.3. The third-order valence-corrected chi connectivity index (χ3v) is 4.60. The maximum absolute atomic E-state index is 5.81. The van der Waals surface area contributed by atoms with Crippen LogP contribution in [-0.4, -0.2) is 11.0 Å². The van der Waals surface area contributed by atoms with Gasteiger partial charge in [-0.05, 0) is 49.7 Å². The highest BCUT2D eigenvalue weighted by Crippen LogP contribution is 2.41. The zero-order valence-electron chi connectivity index (χ0n) is 10.0. The molecule has 1 heterocycles. The van der Waals surface area contributed by atoms with Gasteiger partial charge in [-0.3, -0.25) is 0 Å². The molecular weight excluding hydrogens is 232 g/mol. The Labute approximate surface area is 108 Å². The predicted octanol–water partition coefficient (Wildman–Crippen LogP) is 4.12. The molecule has 0 radical (unpaired) electrons. The lowest BCUT2D eigenvalue weighted by Crippen LogP contribution is -2.42. The number of hydrogen-bond acceptors (Lipinski definition) is 2. The minimum absolute atomic E-state index is 0.569. The van der Waals surface area contributed by atoms with Crippen molar-refractivity contribution in [2.75, 3.05) is 5.32 Å². The normalized spacial score (nSPS) is 21.1. The second kappa shape index (κ2) is 4.85. The third-order valence-electron chi connectivity index (χ3n) is 4.38. The summed E-state index contributed by atoms with van der Waals surface area (Å²) in [5, 5.41) is 4.26. The smallest absolute Gasteiger partial charge is 0.129 e. The fourth-order valence-electron chi connectivity index (χ4n) is 2.87. The summed E-state index contributed by atoms with van der Waals surface area (Å²) in [4.78, 5) is 4.14. The molecule has 2 saturated carbocycles. The molecule has 0 atom stereocenters. The van der Waals surface area contributed by atoms with Crippen LogP contribution in [0.5, 0.6) is 0 Å². The monoisotopic (exact) mass is 250 g/mol. The third kappa shape index (κ3) is 2.42. The lowest BCUT2D eigenvalue weighted by molar-refractivity contribution is 0.166. The Hall–Kier alpha value is -0.760. The number of pyridine rings is 1. The molecule has 0 saturated heterocycles. The van der Waals surface area contributed by atoms with Crippen LogP contribution in [0.4, 0.5) is 5.69 Å². The van der Waals surface area contributed by atoms with Gasteiger partial charge in [0.05, 0.1) is 11.9 Å². The van der Waals surface area contributed by atoms with Crippen molar-refractivity contribution < 1.29 is 0 Å². The number of aromatic nitrogens is 1. The molecule has 0 spiro atoms. The molecule has 3 rings (SSSR count). The zero-order valence-corrected chi connectivity index (χ0v) is 10.8. The highest BCUT2D eigenvalue weighted by atomic mass is 35.5. The molecule has 2 fully saturated rings. The van der Waals surface area contributed by atoms with Crippen LogP contribution in [-0.2, 0) is 0 Å². The Morgan fingerprint density at radius 3 is 2.18 bits per heavy atom. The van der Waals surface area contributed by atoms with Gasteiger partial charge in [-0.25, -0.2) is 4.98 Å². The van der Waals surface area contributed by atoms with Gasteiger partial charge < -0.3 is 5.32 Å². The molecule has 2 nitrogen and oxygen atoms in total. The van der Waals surface area contributed by atoms with Crippen LogP contribution in [0.2, 0.25) is 5.15 Å². The van der Waals surface area contributed by atoms with E-state index in [0.717, 1.165) is 17.5 Å². The lowest BCUT2D eigenvalue weighted by atomic mass is 9.68. The first-order chi connectivity index (χ1) is 8.33. The Bertz CT molecular complexity index is 354. The molecule has 0 bridgehead atoms. The van der Waals surface area contributed by atoms with Gasteiger partial charge in [-0.15, -0.1) is 0 Å². The first-order valence-corrected chi connectivity index (χ1v) is 7.09. The summed E-state index contributed by atoms with van der Waals surface area (Å²) < 4.78 is 0. The Morgan fingerprint density at radius 1 is 1.12 bits per heavy atom. The van der Waals surface area contributed by atoms with Crippen LogP contribution in [0.25, 0.3) is 0 Å². The van der Waals surface area contributed by atoms with E-state index in [9.17, 15) is 0 Å². The second-order valence-electron chi connectivity index (χ2n) is 5.42. The van der Waals surface area contributed by atoms with E-state index < -0.39 is 0 Å². The van der Waals surface area contributed by atoms with Gasteiger partial charge >= 0.3 is 0 Å². The topological polar surface area (TPSA) is 24.9 Å². The van der Waals surface area contributed by atoms with Crippen LogP contribution in [0.15, 0.2) is 18.3 Å². The molecule has 1 aromatic heterocycles. The van der Waals surface area contributed by atoms with Crippen LogP contribution in [0, 0.1) is 11.8 Å².